The van der Waals surface area contributed by atoms with Gasteiger partial charge in [0.15, 0.2) is 16.7 Å². The highest BCUT2D eigenvalue weighted by Gasteiger charge is 2.26. The minimum absolute atomic E-state index is 0.157. The maximum absolute atomic E-state index is 13.8. The number of Topliss-reactive ketones (excluding diaryl/α,β-unsaturated/α-hetero) is 2. The summed E-state index contributed by atoms with van der Waals surface area (Å²) in [6.07, 6.45) is 8.62. The molecular formula is C68H75N17O10S5. The quantitative estimate of drug-likeness (QED) is 0.00633. The van der Waals surface area contributed by atoms with Crippen LogP contribution in [-0.4, -0.2) is 127 Å². The predicted octanol–water partition coefficient (Wildman–Crippen LogP) is 14.8. The Labute approximate surface area is 592 Å². The highest BCUT2D eigenvalue weighted by atomic mass is 32.2. The average molecular weight is 1450 g/mol. The molecule has 2 saturated heterocycles. The molecule has 5 heterocycles. The third kappa shape index (κ3) is 19.2. The normalized spacial score (nSPS) is 14.0. The fourth-order valence-corrected chi connectivity index (χ4v) is 14.4. The molecule has 0 radical (unpaired) electrons. The molecule has 0 aliphatic carbocycles. The third-order valence-electron chi connectivity index (χ3n) is 16.2. The number of nitrogens with one attached hydrogen (secondary N) is 4. The number of hydrogen-bond donors (Lipinski definition) is 6. The molecule has 6 N–H and O–H groups in total. The summed E-state index contributed by atoms with van der Waals surface area (Å²) in [6, 6.07) is 31.1. The van der Waals surface area contributed by atoms with E-state index in [1.165, 1.54) is 62.0 Å². The van der Waals surface area contributed by atoms with Crippen molar-refractivity contribution in [2.24, 2.45) is 20.5 Å². The fourth-order valence-electron chi connectivity index (χ4n) is 11.0. The van der Waals surface area contributed by atoms with Crippen molar-refractivity contribution in [2.75, 3.05) is 93.2 Å². The molecule has 0 saturated carbocycles. The van der Waals surface area contributed by atoms with Gasteiger partial charge in [-0.15, -0.1) is 20.5 Å². The van der Waals surface area contributed by atoms with E-state index in [0.29, 0.717) is 107 Å². The largest absolute Gasteiger partial charge is 0.372 e. The zero-order valence-corrected chi connectivity index (χ0v) is 59.8. The molecular weight excluding hydrogens is 1380 g/mol. The third-order valence-corrected chi connectivity index (χ3v) is 20.6. The van der Waals surface area contributed by atoms with Crippen LogP contribution >= 0.6 is 34.4 Å². The average Bonchev–Trinajstić information content (AvgIpc) is 1.46. The fraction of sp³-hybridized carbons (Fsp3) is 0.309. The number of anilines is 10. The lowest BCUT2D eigenvalue weighted by atomic mass is 10.1. The van der Waals surface area contributed by atoms with Crippen molar-refractivity contribution in [1.82, 2.24) is 24.9 Å². The van der Waals surface area contributed by atoms with Crippen LogP contribution in [0.1, 0.15) is 95.4 Å². The smallest absolute Gasteiger partial charge is 0.294 e. The Hall–Kier alpha value is -9.70. The van der Waals surface area contributed by atoms with Gasteiger partial charge in [-0.25, -0.2) is 0 Å². The van der Waals surface area contributed by atoms with Crippen LogP contribution in [0.2, 0.25) is 0 Å². The van der Waals surface area contributed by atoms with Crippen molar-refractivity contribution >= 4 is 169 Å². The number of nitrogens with zero attached hydrogens (tertiary/aromatic N) is 13. The zero-order valence-electron chi connectivity index (χ0n) is 55.7. The number of thiazole rings is 2. The van der Waals surface area contributed by atoms with E-state index in [9.17, 15) is 45.1 Å². The van der Waals surface area contributed by atoms with Gasteiger partial charge in [0.05, 0.1) is 42.1 Å². The SMILES string of the molecule is CCN(CC)c1ccc(/N=N/c2nc(N3CCCCC3)c(/C=C(/C(C)=O)C(=O)Nc3ccc(S(=O)(=O)O)cc3)s2)c(Nc2nc(Nc3cc(N(CC)CC)ccc3/N=N/c3nc(N4CCCCC4)c(/C=C(\C(C)=O)C(=O)Nc4ccc(S(=O)(=O)O)cc4)s3)nc(SCc3ccccc3)n2)c1. The van der Waals surface area contributed by atoms with Gasteiger partial charge in [0.2, 0.25) is 22.2 Å². The van der Waals surface area contributed by atoms with Gasteiger partial charge in [0.1, 0.15) is 23.0 Å². The van der Waals surface area contributed by atoms with E-state index in [1.807, 2.05) is 66.7 Å². The molecule has 0 spiro atoms. The summed E-state index contributed by atoms with van der Waals surface area (Å²) in [4.78, 5) is 87.7. The van der Waals surface area contributed by atoms with Gasteiger partial charge >= 0.3 is 0 Å². The van der Waals surface area contributed by atoms with Crippen LogP contribution in [0.25, 0.3) is 12.2 Å². The van der Waals surface area contributed by atoms with Crippen LogP contribution in [0, 0.1) is 0 Å². The van der Waals surface area contributed by atoms with E-state index >= 15 is 0 Å². The number of carbonyl (C=O) groups excluding carboxylic acids is 4. The van der Waals surface area contributed by atoms with Crippen molar-refractivity contribution in [2.45, 2.75) is 101 Å². The van der Waals surface area contributed by atoms with Crippen molar-refractivity contribution in [3.63, 3.8) is 0 Å². The van der Waals surface area contributed by atoms with E-state index in [4.69, 9.17) is 45.4 Å². The first-order valence-corrected chi connectivity index (χ1v) is 37.9. The molecule has 0 bridgehead atoms. The first-order chi connectivity index (χ1) is 48.0. The molecule has 27 nitrogen and oxygen atoms in total. The minimum Gasteiger partial charge on any atom is -0.372 e. The van der Waals surface area contributed by atoms with Crippen LogP contribution in [0.15, 0.2) is 162 Å². The molecule has 2 aliphatic rings. The Kier molecular flexibility index (Phi) is 24.4. The Balaban J connectivity index is 1.00. The summed E-state index contributed by atoms with van der Waals surface area (Å²) in [5, 5.41) is 32.1. The number of amides is 2. The number of carbonyl (C=O) groups is 4. The standard InChI is InChI=1S/C68H75N17O10S5/c1-7-82(8-2)48-26-32-54(78-80-67-73-60(84-34-16-12-17-35-84)58(97-67)40-52(43(5)86)62(88)69-46-22-28-50(29-23-46)99(90,91)92)56(38-48)71-64-75-65(77-66(76-64)96-42-45-20-14-11-15-21-45)72-57-39-49(83(9-3)10-4)27-33-55(57)79-81-68-74-61(85-36-18-13-19-37-85)59(98-68)41-53(44(6)87)63(89)70-47-24-30-51(31-25-47)100(93,94)95/h11,14-15,20-33,38-41H,7-10,12-13,16-19,34-37,42H2,1-6H3,(H,69,88)(H,70,89)(H,90,91,92)(H,93,94,95)(H2,71,72,75,76,77)/b52-40-,53-41+,80-78+,81-79+. The van der Waals surface area contributed by atoms with Crippen LogP contribution in [0.3, 0.4) is 0 Å². The maximum atomic E-state index is 13.8. The van der Waals surface area contributed by atoms with E-state index in [2.05, 4.69) is 68.6 Å². The van der Waals surface area contributed by atoms with E-state index in [1.54, 1.807) is 0 Å². The molecule has 8 aromatic rings. The molecule has 2 aliphatic heterocycles. The van der Waals surface area contributed by atoms with Crippen LogP contribution in [0.4, 0.5) is 79.3 Å². The van der Waals surface area contributed by atoms with Crippen molar-refractivity contribution in [1.29, 1.82) is 0 Å². The molecule has 2 amide bonds. The first-order valence-electron chi connectivity index (χ1n) is 32.4. The lowest BCUT2D eigenvalue weighted by Gasteiger charge is -2.27. The van der Waals surface area contributed by atoms with E-state index in [0.717, 1.165) is 102 Å². The summed E-state index contributed by atoms with van der Waals surface area (Å²) in [7, 11) is -8.97. The summed E-state index contributed by atoms with van der Waals surface area (Å²) in [5.74, 6) is -0.646. The summed E-state index contributed by atoms with van der Waals surface area (Å²) in [5.41, 5.74) is 4.58. The second-order valence-electron chi connectivity index (χ2n) is 23.0. The molecule has 3 aromatic heterocycles. The van der Waals surface area contributed by atoms with Crippen molar-refractivity contribution in [3.8, 4) is 0 Å². The van der Waals surface area contributed by atoms with Crippen LogP contribution in [-0.2, 0) is 45.2 Å². The molecule has 0 atom stereocenters. The van der Waals surface area contributed by atoms with Gasteiger partial charge in [-0.3, -0.25) is 28.3 Å². The van der Waals surface area contributed by atoms with E-state index < -0.39 is 43.6 Å². The molecule has 100 heavy (non-hydrogen) atoms. The second kappa shape index (κ2) is 33.4. The highest BCUT2D eigenvalue weighted by molar-refractivity contribution is 7.98. The zero-order chi connectivity index (χ0) is 71.1. The predicted molar refractivity (Wildman–Crippen MR) is 394 cm³/mol. The molecule has 2 fully saturated rings. The van der Waals surface area contributed by atoms with Crippen molar-refractivity contribution in [3.05, 3.63) is 142 Å². The van der Waals surface area contributed by atoms with E-state index in [-0.39, 0.29) is 54.5 Å². The number of piperidine rings is 2. The van der Waals surface area contributed by atoms with Gasteiger partial charge in [-0.1, -0.05) is 64.8 Å². The van der Waals surface area contributed by atoms with Crippen LogP contribution < -0.4 is 40.9 Å². The van der Waals surface area contributed by atoms with Gasteiger partial charge in [0, 0.05) is 80.9 Å². The lowest BCUT2D eigenvalue weighted by Crippen LogP contribution is -2.30. The first kappa shape index (κ1) is 73.0. The summed E-state index contributed by atoms with van der Waals surface area (Å²) < 4.78 is 65.7. The van der Waals surface area contributed by atoms with Crippen molar-refractivity contribution < 1.29 is 45.1 Å². The summed E-state index contributed by atoms with van der Waals surface area (Å²) >= 11 is 3.69. The number of azo groups is 2. The number of rotatable bonds is 29. The maximum Gasteiger partial charge on any atom is 0.294 e. The number of hydrogen-bond acceptors (Lipinski definition) is 26. The number of thioether (sulfide) groups is 1. The van der Waals surface area contributed by atoms with Crippen LogP contribution in [0.5, 0.6) is 0 Å². The van der Waals surface area contributed by atoms with Gasteiger partial charge in [0.25, 0.3) is 32.1 Å². The molecule has 0 unspecified atom stereocenters. The van der Waals surface area contributed by atoms with Gasteiger partial charge in [-0.05, 0) is 183 Å². The number of ketones is 2. The Morgan fingerprint density at radius 3 is 1.30 bits per heavy atom. The Bertz CT molecular complexity index is 4380. The molecule has 522 valence electrons. The summed E-state index contributed by atoms with van der Waals surface area (Å²) in [6.45, 7) is 16.3. The van der Waals surface area contributed by atoms with Gasteiger partial charge < -0.3 is 40.9 Å². The lowest BCUT2D eigenvalue weighted by molar-refractivity contribution is -0.120. The molecule has 10 rings (SSSR count). The monoisotopic (exact) mass is 1450 g/mol. The number of benzene rings is 5. The Morgan fingerprint density at radius 1 is 0.530 bits per heavy atom. The second-order valence-corrected chi connectivity index (χ2v) is 28.8. The topological polar surface area (TPSA) is 352 Å². The minimum atomic E-state index is -4.48. The molecule has 32 heteroatoms. The molecule has 5 aromatic carbocycles. The van der Waals surface area contributed by atoms with Gasteiger partial charge in [-0.2, -0.15) is 41.8 Å². The highest BCUT2D eigenvalue weighted by Crippen LogP contribution is 2.41. The Morgan fingerprint density at radius 2 is 0.930 bits per heavy atom. The number of aromatic nitrogens is 5.